The van der Waals surface area contributed by atoms with Gasteiger partial charge in [-0.1, -0.05) is 22.0 Å². The molecule has 0 aromatic heterocycles. The Morgan fingerprint density at radius 1 is 1.33 bits per heavy atom. The number of fused-ring (bicyclic) bond motifs is 3. The smallest absolute Gasteiger partial charge is 0.123 e. The van der Waals surface area contributed by atoms with Crippen LogP contribution in [0.2, 0.25) is 0 Å². The second kappa shape index (κ2) is 3.80. The molecule has 1 aromatic carbocycles. The maximum absolute atomic E-state index is 5.81. The Hall–Kier alpha value is -0.540. The zero-order valence-corrected chi connectivity index (χ0v) is 10.1. The van der Waals surface area contributed by atoms with Gasteiger partial charge in [-0.2, -0.15) is 0 Å². The van der Waals surface area contributed by atoms with Gasteiger partial charge < -0.3 is 10.1 Å². The molecular weight excluding hydrogens is 254 g/mol. The fraction of sp³-hybridized carbons (Fsp3) is 0.500. The molecule has 2 heterocycles. The number of hydrogen-bond donors (Lipinski definition) is 1. The summed E-state index contributed by atoms with van der Waals surface area (Å²) in [6.07, 6.45) is 1.17. The van der Waals surface area contributed by atoms with Crippen LogP contribution in [0.3, 0.4) is 0 Å². The highest BCUT2D eigenvalue weighted by molar-refractivity contribution is 9.10. The Labute approximate surface area is 98.1 Å². The van der Waals surface area contributed by atoms with Crippen molar-refractivity contribution in [1.82, 2.24) is 5.32 Å². The van der Waals surface area contributed by atoms with Crippen LogP contribution in [0.25, 0.3) is 0 Å². The number of rotatable bonds is 0. The second-order valence-electron chi connectivity index (χ2n) is 4.31. The number of halogens is 1. The molecule has 0 saturated carbocycles. The molecule has 3 rings (SSSR count). The number of hydrogen-bond acceptors (Lipinski definition) is 2. The van der Waals surface area contributed by atoms with Gasteiger partial charge in [0.05, 0.1) is 6.61 Å². The summed E-state index contributed by atoms with van der Waals surface area (Å²) in [5.74, 6) is 2.43. The average Bonchev–Trinajstić information content (AvgIpc) is 2.60. The Balaban J connectivity index is 2.10. The molecular formula is C12H14BrNO. The highest BCUT2D eigenvalue weighted by Gasteiger charge is 2.33. The third kappa shape index (κ3) is 1.58. The second-order valence-corrected chi connectivity index (χ2v) is 5.17. The zero-order valence-electron chi connectivity index (χ0n) is 8.50. The van der Waals surface area contributed by atoms with Crippen molar-refractivity contribution in [2.24, 2.45) is 5.92 Å². The highest BCUT2D eigenvalue weighted by atomic mass is 79.9. The molecule has 0 spiro atoms. The molecule has 2 nitrogen and oxygen atoms in total. The van der Waals surface area contributed by atoms with Gasteiger partial charge in [-0.3, -0.25) is 0 Å². The molecule has 1 aromatic rings. The molecule has 1 fully saturated rings. The summed E-state index contributed by atoms with van der Waals surface area (Å²) < 4.78 is 7.00. The van der Waals surface area contributed by atoms with Crippen LogP contribution in [0.5, 0.6) is 5.75 Å². The van der Waals surface area contributed by atoms with Crippen molar-refractivity contribution in [3.8, 4) is 5.75 Å². The first-order valence-corrected chi connectivity index (χ1v) is 6.27. The van der Waals surface area contributed by atoms with Gasteiger partial charge >= 0.3 is 0 Å². The summed E-state index contributed by atoms with van der Waals surface area (Å²) in [6, 6.07) is 6.25. The van der Waals surface area contributed by atoms with Crippen LogP contribution in [0.15, 0.2) is 22.7 Å². The summed E-state index contributed by atoms with van der Waals surface area (Å²) >= 11 is 3.65. The van der Waals surface area contributed by atoms with Crippen molar-refractivity contribution < 1.29 is 4.74 Å². The molecule has 2 aliphatic heterocycles. The van der Waals surface area contributed by atoms with Gasteiger partial charge in [0.25, 0.3) is 0 Å². The number of benzene rings is 1. The molecule has 0 bridgehead atoms. The minimum absolute atomic E-state index is 0.623. The highest BCUT2D eigenvalue weighted by Crippen LogP contribution is 2.42. The monoisotopic (exact) mass is 267 g/mol. The first-order chi connectivity index (χ1) is 7.36. The lowest BCUT2D eigenvalue weighted by Crippen LogP contribution is -2.11. The van der Waals surface area contributed by atoms with E-state index in [9.17, 15) is 0 Å². The van der Waals surface area contributed by atoms with E-state index in [0.29, 0.717) is 5.92 Å². The fourth-order valence-electron chi connectivity index (χ4n) is 2.70. The average molecular weight is 268 g/mol. The Bertz CT molecular complexity index is 380. The SMILES string of the molecule is Brc1cccc2c1C1CNCC1CCO2. The van der Waals surface area contributed by atoms with E-state index in [0.717, 1.165) is 31.4 Å². The van der Waals surface area contributed by atoms with E-state index in [1.165, 1.54) is 16.5 Å². The molecule has 1 N–H and O–H groups in total. The summed E-state index contributed by atoms with van der Waals surface area (Å²) in [5.41, 5.74) is 1.37. The standard InChI is InChI=1S/C12H14BrNO/c13-10-2-1-3-11-12(10)9-7-14-6-8(9)4-5-15-11/h1-3,8-9,14H,4-7H2. The minimum Gasteiger partial charge on any atom is -0.493 e. The van der Waals surface area contributed by atoms with Crippen LogP contribution in [0.4, 0.5) is 0 Å². The third-order valence-corrected chi connectivity index (χ3v) is 4.16. The van der Waals surface area contributed by atoms with Gasteiger partial charge in [-0.05, 0) is 31.0 Å². The van der Waals surface area contributed by atoms with Crippen molar-refractivity contribution in [2.75, 3.05) is 19.7 Å². The van der Waals surface area contributed by atoms with E-state index in [-0.39, 0.29) is 0 Å². The third-order valence-electron chi connectivity index (χ3n) is 3.47. The minimum atomic E-state index is 0.623. The van der Waals surface area contributed by atoms with Gasteiger partial charge in [0.2, 0.25) is 0 Å². The molecule has 0 radical (unpaired) electrons. The first kappa shape index (κ1) is 9.67. The van der Waals surface area contributed by atoms with Gasteiger partial charge in [0, 0.05) is 22.5 Å². The molecule has 0 aliphatic carbocycles. The predicted octanol–water partition coefficient (Wildman–Crippen LogP) is 2.53. The molecule has 15 heavy (non-hydrogen) atoms. The van der Waals surface area contributed by atoms with E-state index in [1.807, 2.05) is 6.07 Å². The van der Waals surface area contributed by atoms with Crippen LogP contribution < -0.4 is 10.1 Å². The van der Waals surface area contributed by atoms with E-state index in [1.54, 1.807) is 0 Å². The van der Waals surface area contributed by atoms with Crippen LogP contribution in [-0.2, 0) is 0 Å². The first-order valence-electron chi connectivity index (χ1n) is 5.48. The molecule has 0 amide bonds. The van der Waals surface area contributed by atoms with Gasteiger partial charge in [0.1, 0.15) is 5.75 Å². The van der Waals surface area contributed by atoms with Gasteiger partial charge in [0.15, 0.2) is 0 Å². The summed E-state index contributed by atoms with van der Waals surface area (Å²) in [7, 11) is 0. The molecule has 2 aliphatic rings. The van der Waals surface area contributed by atoms with Gasteiger partial charge in [-0.25, -0.2) is 0 Å². The zero-order chi connectivity index (χ0) is 10.3. The Kier molecular flexibility index (Phi) is 2.45. The Morgan fingerprint density at radius 3 is 3.20 bits per heavy atom. The van der Waals surface area contributed by atoms with Crippen molar-refractivity contribution in [2.45, 2.75) is 12.3 Å². The Morgan fingerprint density at radius 2 is 2.27 bits per heavy atom. The summed E-state index contributed by atoms with van der Waals surface area (Å²) in [6.45, 7) is 3.07. The fourth-order valence-corrected chi connectivity index (χ4v) is 3.34. The van der Waals surface area contributed by atoms with Crippen LogP contribution in [-0.4, -0.2) is 19.7 Å². The predicted molar refractivity (Wildman–Crippen MR) is 63.4 cm³/mol. The van der Waals surface area contributed by atoms with E-state index in [4.69, 9.17) is 4.74 Å². The lowest BCUT2D eigenvalue weighted by Gasteiger charge is -2.17. The van der Waals surface area contributed by atoms with E-state index >= 15 is 0 Å². The maximum Gasteiger partial charge on any atom is 0.123 e. The van der Waals surface area contributed by atoms with E-state index < -0.39 is 0 Å². The number of ether oxygens (including phenoxy) is 1. The van der Waals surface area contributed by atoms with Crippen LogP contribution >= 0.6 is 15.9 Å². The van der Waals surface area contributed by atoms with Crippen molar-refractivity contribution in [1.29, 1.82) is 0 Å². The van der Waals surface area contributed by atoms with Crippen molar-refractivity contribution >= 4 is 15.9 Å². The molecule has 2 unspecified atom stereocenters. The summed E-state index contributed by atoms with van der Waals surface area (Å²) in [4.78, 5) is 0. The maximum atomic E-state index is 5.81. The van der Waals surface area contributed by atoms with Crippen LogP contribution in [0, 0.1) is 5.92 Å². The van der Waals surface area contributed by atoms with E-state index in [2.05, 4.69) is 33.4 Å². The largest absolute Gasteiger partial charge is 0.493 e. The quantitative estimate of drug-likeness (QED) is 0.780. The van der Waals surface area contributed by atoms with Crippen molar-refractivity contribution in [3.05, 3.63) is 28.2 Å². The molecule has 80 valence electrons. The number of nitrogens with one attached hydrogen (secondary N) is 1. The lowest BCUT2D eigenvalue weighted by atomic mass is 9.87. The lowest BCUT2D eigenvalue weighted by molar-refractivity contribution is 0.296. The summed E-state index contributed by atoms with van der Waals surface area (Å²) in [5, 5.41) is 3.48. The molecule has 1 saturated heterocycles. The topological polar surface area (TPSA) is 21.3 Å². The molecule has 3 heteroatoms. The van der Waals surface area contributed by atoms with Crippen molar-refractivity contribution in [3.63, 3.8) is 0 Å². The normalized spacial score (nSPS) is 28.9. The van der Waals surface area contributed by atoms with Crippen LogP contribution in [0.1, 0.15) is 17.9 Å². The van der Waals surface area contributed by atoms with Gasteiger partial charge in [-0.15, -0.1) is 0 Å². The molecule has 2 atom stereocenters.